The van der Waals surface area contributed by atoms with Gasteiger partial charge in [-0.05, 0) is 18.6 Å². The molecule has 0 saturated carbocycles. The lowest BCUT2D eigenvalue weighted by atomic mass is 10.1. The summed E-state index contributed by atoms with van der Waals surface area (Å²) in [6, 6.07) is 5.81. The number of anilines is 2. The van der Waals surface area contributed by atoms with Gasteiger partial charge in [0, 0.05) is 51.6 Å². The first-order chi connectivity index (χ1) is 10.7. The molecule has 1 aliphatic rings. The molecule has 6 nitrogen and oxygen atoms in total. The van der Waals surface area contributed by atoms with Crippen molar-refractivity contribution in [2.75, 3.05) is 43.6 Å². The fourth-order valence-electron chi connectivity index (χ4n) is 2.58. The molecule has 0 amide bonds. The van der Waals surface area contributed by atoms with Crippen molar-refractivity contribution >= 4 is 11.6 Å². The normalized spacial score (nSPS) is 17.5. The summed E-state index contributed by atoms with van der Waals surface area (Å²) < 4.78 is 5.83. The highest BCUT2D eigenvalue weighted by atomic mass is 16.5. The van der Waals surface area contributed by atoms with Gasteiger partial charge in [-0.25, -0.2) is 9.97 Å². The fourth-order valence-corrected chi connectivity index (χ4v) is 2.58. The number of pyridine rings is 1. The van der Waals surface area contributed by atoms with Crippen molar-refractivity contribution in [3.63, 3.8) is 0 Å². The highest BCUT2D eigenvalue weighted by Gasteiger charge is 2.24. The Morgan fingerprint density at radius 1 is 1.27 bits per heavy atom. The summed E-state index contributed by atoms with van der Waals surface area (Å²) in [5.74, 6) is 3.32. The second kappa shape index (κ2) is 6.60. The molecule has 1 unspecified atom stereocenters. The first-order valence-corrected chi connectivity index (χ1v) is 7.49. The second-order valence-electron chi connectivity index (χ2n) is 5.72. The van der Waals surface area contributed by atoms with Crippen LogP contribution in [0.1, 0.15) is 6.42 Å². The lowest BCUT2D eigenvalue weighted by Crippen LogP contribution is -2.23. The Bertz CT molecular complexity index is 604. The molecule has 6 heteroatoms. The van der Waals surface area contributed by atoms with Gasteiger partial charge in [0.1, 0.15) is 23.7 Å². The molecule has 0 aliphatic carbocycles. The van der Waals surface area contributed by atoms with Crippen LogP contribution in [0.2, 0.25) is 0 Å². The fraction of sp³-hybridized carbons (Fsp3) is 0.438. The van der Waals surface area contributed by atoms with E-state index in [0.717, 1.165) is 43.5 Å². The molecule has 0 bridgehead atoms. The first-order valence-electron chi connectivity index (χ1n) is 7.49. The van der Waals surface area contributed by atoms with Gasteiger partial charge in [-0.2, -0.15) is 0 Å². The second-order valence-corrected chi connectivity index (χ2v) is 5.72. The van der Waals surface area contributed by atoms with Crippen molar-refractivity contribution in [1.29, 1.82) is 0 Å². The van der Waals surface area contributed by atoms with E-state index in [-0.39, 0.29) is 0 Å². The van der Waals surface area contributed by atoms with Crippen molar-refractivity contribution in [1.82, 2.24) is 15.0 Å². The molecule has 3 rings (SSSR count). The molecule has 1 saturated heterocycles. The molecule has 1 atom stereocenters. The van der Waals surface area contributed by atoms with Crippen molar-refractivity contribution in [3.8, 4) is 5.75 Å². The van der Waals surface area contributed by atoms with Gasteiger partial charge < -0.3 is 14.5 Å². The average molecular weight is 299 g/mol. The lowest BCUT2D eigenvalue weighted by Gasteiger charge is -2.19. The van der Waals surface area contributed by atoms with E-state index in [1.807, 2.05) is 37.2 Å². The van der Waals surface area contributed by atoms with E-state index in [4.69, 9.17) is 4.74 Å². The van der Waals surface area contributed by atoms with Crippen LogP contribution in [0.5, 0.6) is 5.75 Å². The number of hydrogen-bond acceptors (Lipinski definition) is 6. The van der Waals surface area contributed by atoms with Gasteiger partial charge >= 0.3 is 0 Å². The molecule has 2 aromatic heterocycles. The monoisotopic (exact) mass is 299 g/mol. The molecule has 1 fully saturated rings. The molecule has 2 aromatic rings. The minimum atomic E-state index is 0.519. The van der Waals surface area contributed by atoms with Crippen LogP contribution in [-0.2, 0) is 0 Å². The highest BCUT2D eigenvalue weighted by Crippen LogP contribution is 2.24. The van der Waals surface area contributed by atoms with E-state index in [9.17, 15) is 0 Å². The summed E-state index contributed by atoms with van der Waals surface area (Å²) in [4.78, 5) is 16.9. The predicted molar refractivity (Wildman–Crippen MR) is 86.4 cm³/mol. The molecule has 22 heavy (non-hydrogen) atoms. The van der Waals surface area contributed by atoms with Crippen LogP contribution in [0.15, 0.2) is 36.9 Å². The van der Waals surface area contributed by atoms with E-state index in [1.54, 1.807) is 18.7 Å². The largest absolute Gasteiger partial charge is 0.493 e. The molecular weight excluding hydrogens is 278 g/mol. The summed E-state index contributed by atoms with van der Waals surface area (Å²) in [6.45, 7) is 2.70. The lowest BCUT2D eigenvalue weighted by molar-refractivity contribution is 0.261. The van der Waals surface area contributed by atoms with Crippen molar-refractivity contribution in [2.45, 2.75) is 6.42 Å². The standard InChI is InChI=1S/C16H21N5O/c1-20(2)15-9-16(19-12-18-15)21-8-5-13(10-21)11-22-14-3-6-17-7-4-14/h3-4,6-7,9,12-13H,5,8,10-11H2,1-2H3. The van der Waals surface area contributed by atoms with Crippen LogP contribution in [0.3, 0.4) is 0 Å². The van der Waals surface area contributed by atoms with Crippen LogP contribution >= 0.6 is 0 Å². The van der Waals surface area contributed by atoms with Crippen molar-refractivity contribution in [2.24, 2.45) is 5.92 Å². The van der Waals surface area contributed by atoms with Crippen LogP contribution < -0.4 is 14.5 Å². The maximum atomic E-state index is 5.83. The summed E-state index contributed by atoms with van der Waals surface area (Å²) in [5, 5.41) is 0. The van der Waals surface area contributed by atoms with Crippen molar-refractivity contribution < 1.29 is 4.74 Å². The third kappa shape index (κ3) is 3.44. The topological polar surface area (TPSA) is 54.4 Å². The molecule has 0 radical (unpaired) electrons. The highest BCUT2D eigenvalue weighted by molar-refractivity contribution is 5.49. The molecule has 116 valence electrons. The van der Waals surface area contributed by atoms with Gasteiger partial charge in [-0.3, -0.25) is 4.98 Å². The first kappa shape index (κ1) is 14.6. The van der Waals surface area contributed by atoms with Gasteiger partial charge in [-0.1, -0.05) is 0 Å². The SMILES string of the molecule is CN(C)c1cc(N2CCC(COc3ccncc3)C2)ncn1. The smallest absolute Gasteiger partial charge is 0.134 e. The number of ether oxygens (including phenoxy) is 1. The van der Waals surface area contributed by atoms with E-state index < -0.39 is 0 Å². The predicted octanol–water partition coefficient (Wildman–Crippen LogP) is 1.84. The minimum Gasteiger partial charge on any atom is -0.493 e. The minimum absolute atomic E-state index is 0.519. The summed E-state index contributed by atoms with van der Waals surface area (Å²) in [6.07, 6.45) is 6.25. The van der Waals surface area contributed by atoms with Gasteiger partial charge in [0.25, 0.3) is 0 Å². The number of hydrogen-bond donors (Lipinski definition) is 0. The number of rotatable bonds is 5. The molecule has 0 aromatic carbocycles. The Kier molecular flexibility index (Phi) is 4.37. The van der Waals surface area contributed by atoms with E-state index in [0.29, 0.717) is 5.92 Å². The Hall–Kier alpha value is -2.37. The third-order valence-corrected chi connectivity index (χ3v) is 3.84. The van der Waals surface area contributed by atoms with Crippen LogP contribution in [0.4, 0.5) is 11.6 Å². The molecule has 3 heterocycles. The third-order valence-electron chi connectivity index (χ3n) is 3.84. The molecule has 1 aliphatic heterocycles. The van der Waals surface area contributed by atoms with Gasteiger partial charge in [0.05, 0.1) is 6.61 Å². The maximum absolute atomic E-state index is 5.83. The van der Waals surface area contributed by atoms with Crippen LogP contribution in [-0.4, -0.2) is 48.7 Å². The summed E-state index contributed by atoms with van der Waals surface area (Å²) in [5.41, 5.74) is 0. The summed E-state index contributed by atoms with van der Waals surface area (Å²) in [7, 11) is 3.98. The molecule has 0 spiro atoms. The van der Waals surface area contributed by atoms with Crippen LogP contribution in [0.25, 0.3) is 0 Å². The Morgan fingerprint density at radius 2 is 2.09 bits per heavy atom. The Balaban J connectivity index is 1.57. The van der Waals surface area contributed by atoms with Gasteiger partial charge in [-0.15, -0.1) is 0 Å². The van der Waals surface area contributed by atoms with Crippen LogP contribution in [0, 0.1) is 5.92 Å². The molecule has 0 N–H and O–H groups in total. The Labute approximate surface area is 130 Å². The zero-order valence-corrected chi connectivity index (χ0v) is 13.0. The molecular formula is C16H21N5O. The number of nitrogens with zero attached hydrogens (tertiary/aromatic N) is 5. The maximum Gasteiger partial charge on any atom is 0.134 e. The van der Waals surface area contributed by atoms with Crippen molar-refractivity contribution in [3.05, 3.63) is 36.9 Å². The average Bonchev–Trinajstić information content (AvgIpc) is 3.03. The Morgan fingerprint density at radius 3 is 2.86 bits per heavy atom. The van der Waals surface area contributed by atoms with E-state index in [1.165, 1.54) is 0 Å². The number of aromatic nitrogens is 3. The summed E-state index contributed by atoms with van der Waals surface area (Å²) >= 11 is 0. The van der Waals surface area contributed by atoms with E-state index in [2.05, 4.69) is 19.9 Å². The van der Waals surface area contributed by atoms with Gasteiger partial charge in [0.2, 0.25) is 0 Å². The quantitative estimate of drug-likeness (QED) is 0.840. The zero-order valence-electron chi connectivity index (χ0n) is 13.0. The van der Waals surface area contributed by atoms with E-state index >= 15 is 0 Å². The zero-order chi connectivity index (χ0) is 15.4. The van der Waals surface area contributed by atoms with Gasteiger partial charge in [0.15, 0.2) is 0 Å².